The van der Waals surface area contributed by atoms with Gasteiger partial charge in [-0.15, -0.1) is 0 Å². The van der Waals surface area contributed by atoms with Crippen molar-refractivity contribution in [1.29, 1.82) is 0 Å². The highest BCUT2D eigenvalue weighted by Crippen LogP contribution is 2.40. The van der Waals surface area contributed by atoms with Crippen LogP contribution < -0.4 is 5.32 Å². The quantitative estimate of drug-likeness (QED) is 0.726. The molecule has 0 bridgehead atoms. The molecule has 1 nitrogen and oxygen atoms in total. The standard InChI is InChI=1S/C17H35N/c1-7-18-15(10-11-16(2,3)4)14-8-12-17(5,6)13-9-14/h14-15,18H,7-13H2,1-6H3. The van der Waals surface area contributed by atoms with Crippen LogP contribution in [0.15, 0.2) is 0 Å². The largest absolute Gasteiger partial charge is 0.314 e. The van der Waals surface area contributed by atoms with Crippen molar-refractivity contribution in [1.82, 2.24) is 5.32 Å². The van der Waals surface area contributed by atoms with Crippen molar-refractivity contribution in [2.45, 2.75) is 86.1 Å². The molecular weight excluding hydrogens is 218 g/mol. The lowest BCUT2D eigenvalue weighted by Gasteiger charge is -2.39. The van der Waals surface area contributed by atoms with Gasteiger partial charge >= 0.3 is 0 Å². The van der Waals surface area contributed by atoms with E-state index in [1.807, 2.05) is 0 Å². The normalized spacial score (nSPS) is 23.0. The number of nitrogens with one attached hydrogen (secondary N) is 1. The first-order valence-corrected chi connectivity index (χ1v) is 7.97. The second-order valence-electron chi connectivity index (χ2n) is 8.27. The maximum Gasteiger partial charge on any atom is 0.00954 e. The van der Waals surface area contributed by atoms with E-state index in [9.17, 15) is 0 Å². The van der Waals surface area contributed by atoms with Crippen LogP contribution in [-0.2, 0) is 0 Å². The highest BCUT2D eigenvalue weighted by molar-refractivity contribution is 4.85. The summed E-state index contributed by atoms with van der Waals surface area (Å²) in [5, 5.41) is 3.75. The van der Waals surface area contributed by atoms with Crippen LogP contribution in [-0.4, -0.2) is 12.6 Å². The summed E-state index contributed by atoms with van der Waals surface area (Å²) in [5.74, 6) is 0.917. The Labute approximate surface area is 115 Å². The molecule has 1 aliphatic carbocycles. The predicted molar refractivity (Wildman–Crippen MR) is 81.9 cm³/mol. The van der Waals surface area contributed by atoms with Gasteiger partial charge in [0.2, 0.25) is 0 Å². The van der Waals surface area contributed by atoms with E-state index in [1.165, 1.54) is 38.5 Å². The molecule has 0 saturated heterocycles. The fraction of sp³-hybridized carbons (Fsp3) is 1.00. The molecule has 0 aromatic carbocycles. The molecule has 1 rings (SSSR count). The van der Waals surface area contributed by atoms with Crippen LogP contribution in [0.25, 0.3) is 0 Å². The summed E-state index contributed by atoms with van der Waals surface area (Å²) in [7, 11) is 0. The van der Waals surface area contributed by atoms with Gasteiger partial charge in [0.15, 0.2) is 0 Å². The molecule has 1 unspecified atom stereocenters. The SMILES string of the molecule is CCNC(CCC(C)(C)C)C1CCC(C)(C)CC1. The first-order chi connectivity index (χ1) is 8.23. The lowest BCUT2D eigenvalue weighted by Crippen LogP contribution is -2.39. The van der Waals surface area contributed by atoms with E-state index in [1.54, 1.807) is 0 Å². The Morgan fingerprint density at radius 3 is 2.17 bits per heavy atom. The fourth-order valence-electron chi connectivity index (χ4n) is 3.18. The minimum atomic E-state index is 0.474. The van der Waals surface area contributed by atoms with E-state index in [0.717, 1.165) is 18.5 Å². The molecule has 1 saturated carbocycles. The number of rotatable bonds is 5. The summed E-state index contributed by atoms with van der Waals surface area (Å²) in [5.41, 5.74) is 1.07. The molecule has 1 aliphatic rings. The van der Waals surface area contributed by atoms with E-state index >= 15 is 0 Å². The van der Waals surface area contributed by atoms with Gasteiger partial charge in [-0.3, -0.25) is 0 Å². The summed E-state index contributed by atoms with van der Waals surface area (Å²) < 4.78 is 0. The first-order valence-electron chi connectivity index (χ1n) is 7.97. The third-order valence-electron chi connectivity index (χ3n) is 4.62. The molecule has 1 fully saturated rings. The molecule has 1 heteroatoms. The van der Waals surface area contributed by atoms with Crippen molar-refractivity contribution in [2.24, 2.45) is 16.7 Å². The molecule has 108 valence electrons. The molecular formula is C17H35N. The Morgan fingerprint density at radius 1 is 1.17 bits per heavy atom. The van der Waals surface area contributed by atoms with Gasteiger partial charge in [-0.05, 0) is 61.8 Å². The van der Waals surface area contributed by atoms with Gasteiger partial charge in [0.1, 0.15) is 0 Å². The lowest BCUT2D eigenvalue weighted by atomic mass is 9.70. The maximum absolute atomic E-state index is 3.75. The Morgan fingerprint density at radius 2 is 1.72 bits per heavy atom. The highest BCUT2D eigenvalue weighted by atomic mass is 14.9. The van der Waals surface area contributed by atoms with Crippen LogP contribution in [0.4, 0.5) is 0 Å². The van der Waals surface area contributed by atoms with Crippen LogP contribution in [0.5, 0.6) is 0 Å². The molecule has 18 heavy (non-hydrogen) atoms. The van der Waals surface area contributed by atoms with E-state index in [-0.39, 0.29) is 0 Å². The van der Waals surface area contributed by atoms with Crippen LogP contribution in [0.1, 0.15) is 80.1 Å². The van der Waals surface area contributed by atoms with Crippen molar-refractivity contribution < 1.29 is 0 Å². The molecule has 0 heterocycles. The zero-order valence-electron chi connectivity index (χ0n) is 13.6. The van der Waals surface area contributed by atoms with Gasteiger partial charge in [0, 0.05) is 6.04 Å². The molecule has 0 spiro atoms. The Hall–Kier alpha value is -0.0400. The second-order valence-corrected chi connectivity index (χ2v) is 8.27. The van der Waals surface area contributed by atoms with E-state index in [0.29, 0.717) is 10.8 Å². The topological polar surface area (TPSA) is 12.0 Å². The van der Waals surface area contributed by atoms with Crippen molar-refractivity contribution >= 4 is 0 Å². The van der Waals surface area contributed by atoms with E-state index in [2.05, 4.69) is 46.9 Å². The molecule has 0 aromatic heterocycles. The van der Waals surface area contributed by atoms with E-state index in [4.69, 9.17) is 0 Å². The van der Waals surface area contributed by atoms with Crippen LogP contribution in [0, 0.1) is 16.7 Å². The highest BCUT2D eigenvalue weighted by Gasteiger charge is 2.31. The summed E-state index contributed by atoms with van der Waals surface area (Å²) in [6, 6.07) is 0.755. The lowest BCUT2D eigenvalue weighted by molar-refractivity contribution is 0.151. The zero-order valence-corrected chi connectivity index (χ0v) is 13.6. The summed E-state index contributed by atoms with van der Waals surface area (Å²) in [4.78, 5) is 0. The van der Waals surface area contributed by atoms with Gasteiger partial charge in [0.05, 0.1) is 0 Å². The van der Waals surface area contributed by atoms with Gasteiger partial charge in [-0.25, -0.2) is 0 Å². The Kier molecular flexibility index (Phi) is 5.70. The third kappa shape index (κ3) is 5.73. The van der Waals surface area contributed by atoms with Crippen LogP contribution >= 0.6 is 0 Å². The van der Waals surface area contributed by atoms with Crippen molar-refractivity contribution in [3.8, 4) is 0 Å². The zero-order chi connectivity index (χ0) is 13.8. The van der Waals surface area contributed by atoms with Gasteiger partial charge < -0.3 is 5.32 Å². The maximum atomic E-state index is 3.75. The third-order valence-corrected chi connectivity index (χ3v) is 4.62. The van der Waals surface area contributed by atoms with Crippen molar-refractivity contribution in [3.05, 3.63) is 0 Å². The minimum absolute atomic E-state index is 0.474. The average molecular weight is 253 g/mol. The monoisotopic (exact) mass is 253 g/mol. The Balaban J connectivity index is 2.47. The second kappa shape index (κ2) is 6.41. The molecule has 0 aromatic rings. The average Bonchev–Trinajstić information content (AvgIpc) is 2.23. The van der Waals surface area contributed by atoms with Crippen molar-refractivity contribution in [2.75, 3.05) is 6.54 Å². The van der Waals surface area contributed by atoms with Crippen LogP contribution in [0.2, 0.25) is 0 Å². The minimum Gasteiger partial charge on any atom is -0.314 e. The van der Waals surface area contributed by atoms with E-state index < -0.39 is 0 Å². The summed E-state index contributed by atoms with van der Waals surface area (Å²) >= 11 is 0. The number of hydrogen-bond donors (Lipinski definition) is 1. The van der Waals surface area contributed by atoms with Gasteiger partial charge in [0.25, 0.3) is 0 Å². The predicted octanol–water partition coefficient (Wildman–Crippen LogP) is 5.01. The number of hydrogen-bond acceptors (Lipinski definition) is 1. The molecule has 0 radical (unpaired) electrons. The molecule has 1 N–H and O–H groups in total. The molecule has 0 aliphatic heterocycles. The van der Waals surface area contributed by atoms with Crippen molar-refractivity contribution in [3.63, 3.8) is 0 Å². The Bertz CT molecular complexity index is 226. The summed E-state index contributed by atoms with van der Waals surface area (Å²) in [6.07, 6.45) is 8.36. The first kappa shape index (κ1) is 16.0. The smallest absolute Gasteiger partial charge is 0.00954 e. The molecule has 0 amide bonds. The fourth-order valence-corrected chi connectivity index (χ4v) is 3.18. The van der Waals surface area contributed by atoms with Crippen LogP contribution in [0.3, 0.4) is 0 Å². The summed E-state index contributed by atoms with van der Waals surface area (Å²) in [6.45, 7) is 15.3. The van der Waals surface area contributed by atoms with Gasteiger partial charge in [-0.2, -0.15) is 0 Å². The van der Waals surface area contributed by atoms with Gasteiger partial charge in [-0.1, -0.05) is 41.5 Å². The molecule has 1 atom stereocenters.